The lowest BCUT2D eigenvalue weighted by molar-refractivity contribution is -0.137. The van der Waals surface area contributed by atoms with Crippen LogP contribution in [0.25, 0.3) is 21.3 Å². The molecule has 0 saturated heterocycles. The maximum Gasteiger partial charge on any atom is 0.405 e. The van der Waals surface area contributed by atoms with Crippen molar-refractivity contribution in [3.8, 4) is 11.1 Å². The third kappa shape index (κ3) is 4.70. The lowest BCUT2D eigenvalue weighted by Gasteiger charge is -2.14. The zero-order valence-corrected chi connectivity index (χ0v) is 18.4. The Kier molecular flexibility index (Phi) is 6.28. The lowest BCUT2D eigenvalue weighted by Crippen LogP contribution is -2.38. The number of halogens is 3. The second-order valence-corrected chi connectivity index (χ2v) is 9.15. The number of thioether (sulfide) groups is 1. The molecule has 1 unspecified atom stereocenters. The Balaban J connectivity index is 1.92. The first-order valence-corrected chi connectivity index (χ1v) is 10.8. The minimum Gasteiger partial charge on any atom is -0.346 e. The van der Waals surface area contributed by atoms with Crippen LogP contribution in [0.5, 0.6) is 0 Å². The van der Waals surface area contributed by atoms with Crippen LogP contribution >= 0.6 is 23.1 Å². The van der Waals surface area contributed by atoms with Gasteiger partial charge in [0.2, 0.25) is 5.91 Å². The number of thiophene rings is 1. The zero-order valence-electron chi connectivity index (χ0n) is 16.8. The molecule has 1 amide bonds. The molecule has 1 aromatic carbocycles. The second-order valence-electron chi connectivity index (χ2n) is 6.98. The number of benzene rings is 1. The molecule has 0 aliphatic rings. The molecular formula is C20H20F3N3O2S2. The monoisotopic (exact) mass is 455 g/mol. The van der Waals surface area contributed by atoms with Crippen LogP contribution in [0.15, 0.2) is 33.5 Å². The number of amides is 1. The van der Waals surface area contributed by atoms with E-state index in [9.17, 15) is 22.8 Å². The Morgan fingerprint density at radius 2 is 2.00 bits per heavy atom. The van der Waals surface area contributed by atoms with E-state index in [1.165, 1.54) is 22.8 Å². The highest BCUT2D eigenvalue weighted by atomic mass is 32.2. The molecule has 1 atom stereocenters. The fourth-order valence-electron chi connectivity index (χ4n) is 2.82. The number of alkyl halides is 3. The number of aryl methyl sites for hydroxylation is 2. The van der Waals surface area contributed by atoms with Gasteiger partial charge in [0.25, 0.3) is 5.56 Å². The van der Waals surface area contributed by atoms with E-state index in [1.54, 1.807) is 7.05 Å². The van der Waals surface area contributed by atoms with Gasteiger partial charge in [-0.2, -0.15) is 13.2 Å². The van der Waals surface area contributed by atoms with Crippen LogP contribution in [-0.4, -0.2) is 33.4 Å². The molecule has 1 N–H and O–H groups in total. The highest BCUT2D eigenvalue weighted by molar-refractivity contribution is 8.00. The van der Waals surface area contributed by atoms with Crippen molar-refractivity contribution in [1.29, 1.82) is 0 Å². The van der Waals surface area contributed by atoms with Crippen LogP contribution in [0.3, 0.4) is 0 Å². The molecule has 0 saturated carbocycles. The Morgan fingerprint density at radius 1 is 1.30 bits per heavy atom. The summed E-state index contributed by atoms with van der Waals surface area (Å²) in [4.78, 5) is 30.0. The number of rotatable bonds is 5. The lowest BCUT2D eigenvalue weighted by atomic mass is 10.0. The fourth-order valence-corrected chi connectivity index (χ4v) is 4.71. The quantitative estimate of drug-likeness (QED) is 0.457. The topological polar surface area (TPSA) is 64.0 Å². The molecule has 160 valence electrons. The molecule has 0 fully saturated rings. The maximum absolute atomic E-state index is 13.0. The summed E-state index contributed by atoms with van der Waals surface area (Å²) >= 11 is 2.26. The summed E-state index contributed by atoms with van der Waals surface area (Å²) in [6, 6.07) is 5.97. The molecule has 3 aromatic rings. The van der Waals surface area contributed by atoms with Gasteiger partial charge in [-0.3, -0.25) is 14.2 Å². The number of aromatic nitrogens is 2. The van der Waals surface area contributed by atoms with Crippen molar-refractivity contribution in [1.82, 2.24) is 14.9 Å². The van der Waals surface area contributed by atoms with Gasteiger partial charge in [-0.15, -0.1) is 11.3 Å². The Bertz CT molecular complexity index is 1170. The van der Waals surface area contributed by atoms with Gasteiger partial charge in [-0.05, 0) is 37.5 Å². The van der Waals surface area contributed by atoms with Gasteiger partial charge in [0, 0.05) is 18.0 Å². The number of fused-ring (bicyclic) bond motifs is 1. The molecule has 10 heteroatoms. The molecular weight excluding hydrogens is 435 g/mol. The molecule has 2 heterocycles. The van der Waals surface area contributed by atoms with Crippen molar-refractivity contribution >= 4 is 39.2 Å². The Morgan fingerprint density at radius 3 is 2.63 bits per heavy atom. The van der Waals surface area contributed by atoms with Crippen LogP contribution in [-0.2, 0) is 11.8 Å². The molecule has 5 nitrogen and oxygen atoms in total. The van der Waals surface area contributed by atoms with Crippen molar-refractivity contribution in [3.63, 3.8) is 0 Å². The highest BCUT2D eigenvalue weighted by Crippen LogP contribution is 2.33. The van der Waals surface area contributed by atoms with Crippen molar-refractivity contribution in [2.45, 2.75) is 37.4 Å². The van der Waals surface area contributed by atoms with E-state index < -0.39 is 23.9 Å². The molecule has 3 rings (SSSR count). The van der Waals surface area contributed by atoms with Gasteiger partial charge in [0.15, 0.2) is 5.16 Å². The van der Waals surface area contributed by atoms with Gasteiger partial charge in [0.05, 0.1) is 10.6 Å². The maximum atomic E-state index is 13.0. The molecule has 0 radical (unpaired) electrons. The standard InChI is InChI=1S/C20H20F3N3O2S2/c1-10-5-6-13(7-11(10)2)14-8-29-17-15(14)18(28)26(4)19(25-17)30-12(3)16(27)24-9-20(21,22)23/h5-8,12H,9H2,1-4H3,(H,24,27). The minimum atomic E-state index is -4.48. The predicted molar refractivity (Wildman–Crippen MR) is 114 cm³/mol. The fraction of sp³-hybridized carbons (Fsp3) is 0.350. The number of nitrogens with one attached hydrogen (secondary N) is 1. The summed E-state index contributed by atoms with van der Waals surface area (Å²) in [5.41, 5.74) is 3.71. The average Bonchev–Trinajstić information content (AvgIpc) is 3.09. The molecule has 2 aromatic heterocycles. The van der Waals surface area contributed by atoms with Gasteiger partial charge in [-0.25, -0.2) is 4.98 Å². The molecule has 30 heavy (non-hydrogen) atoms. The van der Waals surface area contributed by atoms with E-state index in [1.807, 2.05) is 42.7 Å². The van der Waals surface area contributed by atoms with Crippen LogP contribution in [0.4, 0.5) is 13.2 Å². The summed E-state index contributed by atoms with van der Waals surface area (Å²) in [6.07, 6.45) is -4.48. The summed E-state index contributed by atoms with van der Waals surface area (Å²) in [7, 11) is 1.54. The van der Waals surface area contributed by atoms with Gasteiger partial charge >= 0.3 is 6.18 Å². The molecule has 0 aliphatic carbocycles. The Hall–Kier alpha value is -2.33. The molecule has 0 aliphatic heterocycles. The van der Waals surface area contributed by atoms with Gasteiger partial charge in [0.1, 0.15) is 11.4 Å². The first-order chi connectivity index (χ1) is 14.0. The van der Waals surface area contributed by atoms with Crippen LogP contribution in [0.2, 0.25) is 0 Å². The minimum absolute atomic E-state index is 0.264. The van der Waals surface area contributed by atoms with E-state index in [-0.39, 0.29) is 10.7 Å². The number of nitrogens with zero attached hydrogens (tertiary/aromatic N) is 2. The number of carbonyl (C=O) groups is 1. The smallest absolute Gasteiger partial charge is 0.346 e. The van der Waals surface area contributed by atoms with Crippen LogP contribution in [0, 0.1) is 13.8 Å². The second kappa shape index (κ2) is 8.43. The van der Waals surface area contributed by atoms with Crippen molar-refractivity contribution < 1.29 is 18.0 Å². The van der Waals surface area contributed by atoms with Gasteiger partial charge < -0.3 is 5.32 Å². The summed E-state index contributed by atoms with van der Waals surface area (Å²) < 4.78 is 38.3. The van der Waals surface area contributed by atoms with Crippen LogP contribution < -0.4 is 10.9 Å². The normalized spacial score (nSPS) is 12.9. The summed E-state index contributed by atoms with van der Waals surface area (Å²) in [5.74, 6) is -0.770. The average molecular weight is 456 g/mol. The summed E-state index contributed by atoms with van der Waals surface area (Å²) in [6.45, 7) is 4.10. The van der Waals surface area contributed by atoms with Crippen molar-refractivity contribution in [2.24, 2.45) is 7.05 Å². The molecule has 0 bridgehead atoms. The first kappa shape index (κ1) is 22.4. The Labute approximate surface area is 179 Å². The largest absolute Gasteiger partial charge is 0.405 e. The number of hydrogen-bond donors (Lipinski definition) is 1. The van der Waals surface area contributed by atoms with Crippen molar-refractivity contribution in [2.75, 3.05) is 6.54 Å². The first-order valence-electron chi connectivity index (χ1n) is 9.05. The molecule has 0 spiro atoms. The highest BCUT2D eigenvalue weighted by Gasteiger charge is 2.29. The van der Waals surface area contributed by atoms with E-state index in [0.29, 0.717) is 10.2 Å². The van der Waals surface area contributed by atoms with E-state index in [4.69, 9.17) is 0 Å². The van der Waals surface area contributed by atoms with Crippen LogP contribution in [0.1, 0.15) is 18.1 Å². The third-order valence-electron chi connectivity index (χ3n) is 4.71. The third-order valence-corrected chi connectivity index (χ3v) is 6.72. The van der Waals surface area contributed by atoms with Crippen molar-refractivity contribution in [3.05, 3.63) is 45.1 Å². The zero-order chi connectivity index (χ0) is 22.2. The number of hydrogen-bond acceptors (Lipinski definition) is 5. The SMILES string of the molecule is Cc1ccc(-c2csc3nc(SC(C)C(=O)NCC(F)(F)F)n(C)c(=O)c23)cc1C. The number of carbonyl (C=O) groups excluding carboxylic acids is 1. The van der Waals surface area contributed by atoms with E-state index in [0.717, 1.165) is 34.0 Å². The van der Waals surface area contributed by atoms with E-state index >= 15 is 0 Å². The van der Waals surface area contributed by atoms with E-state index in [2.05, 4.69) is 4.98 Å². The predicted octanol–water partition coefficient (Wildman–Crippen LogP) is 4.44. The summed E-state index contributed by atoms with van der Waals surface area (Å²) in [5, 5.41) is 3.64. The van der Waals surface area contributed by atoms with Gasteiger partial charge in [-0.1, -0.05) is 30.0 Å².